The van der Waals surface area contributed by atoms with Crippen LogP contribution in [0.1, 0.15) is 33.6 Å². The fourth-order valence-corrected chi connectivity index (χ4v) is 1.00. The zero-order valence-corrected chi connectivity index (χ0v) is 9.51. The van der Waals surface area contributed by atoms with Crippen molar-refractivity contribution >= 4 is 11.9 Å². The minimum atomic E-state index is -1.12. The minimum Gasteiger partial charge on any atom is -0.481 e. The number of carboxylic acid groups (broad SMARTS) is 1. The lowest BCUT2D eigenvalue weighted by Crippen LogP contribution is -2.26. The molecule has 0 fully saturated rings. The molecule has 0 radical (unpaired) electrons. The number of aliphatic carboxylic acids is 1. The van der Waals surface area contributed by atoms with Gasteiger partial charge >= 0.3 is 11.9 Å². The van der Waals surface area contributed by atoms with Crippen LogP contribution in [0.3, 0.4) is 0 Å². The molecule has 0 bridgehead atoms. The van der Waals surface area contributed by atoms with E-state index in [1.807, 2.05) is 0 Å². The molecule has 0 saturated carbocycles. The Kier molecular flexibility index (Phi) is 5.32. The van der Waals surface area contributed by atoms with Crippen LogP contribution in [0.5, 0.6) is 0 Å². The Hall–Kier alpha value is -1.75. The quantitative estimate of drug-likeness (QED) is 0.335. The Morgan fingerprint density at radius 2 is 2.00 bits per heavy atom. The highest BCUT2D eigenvalue weighted by atomic mass is 16.6. The van der Waals surface area contributed by atoms with Crippen LogP contribution in [0.15, 0.2) is 5.11 Å². The van der Waals surface area contributed by atoms with Crippen molar-refractivity contribution in [1.29, 1.82) is 0 Å². The number of hydrogen-bond acceptors (Lipinski definition) is 4. The summed E-state index contributed by atoms with van der Waals surface area (Å²) in [6.07, 6.45) is -0.614. The van der Waals surface area contributed by atoms with Gasteiger partial charge in [-0.25, -0.2) is 0 Å². The van der Waals surface area contributed by atoms with E-state index in [9.17, 15) is 9.59 Å². The van der Waals surface area contributed by atoms with Gasteiger partial charge in [-0.1, -0.05) is 5.11 Å². The maximum absolute atomic E-state index is 11.3. The molecule has 0 aromatic heterocycles. The molecular weight excluding hydrogens is 214 g/mol. The molecule has 16 heavy (non-hydrogen) atoms. The molecule has 0 unspecified atom stereocenters. The van der Waals surface area contributed by atoms with E-state index in [4.69, 9.17) is 15.4 Å². The van der Waals surface area contributed by atoms with Crippen molar-refractivity contribution in [3.63, 3.8) is 0 Å². The smallest absolute Gasteiger partial charge is 0.306 e. The summed E-state index contributed by atoms with van der Waals surface area (Å²) in [5, 5.41) is 11.8. The molecule has 0 amide bonds. The van der Waals surface area contributed by atoms with Crippen LogP contribution in [-0.4, -0.2) is 28.7 Å². The van der Waals surface area contributed by atoms with Crippen LogP contribution in [0.2, 0.25) is 0 Å². The maximum Gasteiger partial charge on any atom is 0.306 e. The predicted molar refractivity (Wildman–Crippen MR) is 55.6 cm³/mol. The van der Waals surface area contributed by atoms with E-state index < -0.39 is 23.6 Å². The second kappa shape index (κ2) is 5.97. The molecular formula is C9H15N3O4. The number of esters is 1. The maximum atomic E-state index is 11.3. The highest BCUT2D eigenvalue weighted by Gasteiger charge is 2.21. The number of carbonyl (C=O) groups excluding carboxylic acids is 1. The van der Waals surface area contributed by atoms with Crippen LogP contribution in [0.25, 0.3) is 10.4 Å². The lowest BCUT2D eigenvalue weighted by atomic mass is 10.1. The van der Waals surface area contributed by atoms with Gasteiger partial charge in [0.05, 0.1) is 18.9 Å². The van der Waals surface area contributed by atoms with E-state index in [1.54, 1.807) is 20.8 Å². The Labute approximate surface area is 93.0 Å². The predicted octanol–water partition coefficient (Wildman–Crippen LogP) is 1.87. The normalized spacial score (nSPS) is 12.4. The number of carbonyl (C=O) groups is 2. The fourth-order valence-electron chi connectivity index (χ4n) is 1.00. The zero-order valence-electron chi connectivity index (χ0n) is 9.51. The molecule has 7 nitrogen and oxygen atoms in total. The third kappa shape index (κ3) is 7.64. The van der Waals surface area contributed by atoms with Gasteiger partial charge in [0.15, 0.2) is 0 Å². The summed E-state index contributed by atoms with van der Waals surface area (Å²) in [5.74, 6) is -1.70. The number of carboxylic acids is 1. The van der Waals surface area contributed by atoms with Crippen molar-refractivity contribution in [2.24, 2.45) is 5.11 Å². The van der Waals surface area contributed by atoms with Gasteiger partial charge in [-0.15, -0.1) is 0 Å². The second-order valence-corrected chi connectivity index (χ2v) is 4.25. The van der Waals surface area contributed by atoms with Gasteiger partial charge in [-0.2, -0.15) is 0 Å². The third-order valence-electron chi connectivity index (χ3n) is 1.45. The Balaban J connectivity index is 4.34. The van der Waals surface area contributed by atoms with Crippen LogP contribution >= 0.6 is 0 Å². The van der Waals surface area contributed by atoms with Gasteiger partial charge in [0.2, 0.25) is 0 Å². The number of ether oxygens (including phenoxy) is 1. The van der Waals surface area contributed by atoms with Gasteiger partial charge in [0.25, 0.3) is 0 Å². The third-order valence-corrected chi connectivity index (χ3v) is 1.45. The van der Waals surface area contributed by atoms with Gasteiger partial charge in [-0.05, 0) is 26.3 Å². The largest absolute Gasteiger partial charge is 0.481 e. The molecule has 0 aromatic carbocycles. The van der Waals surface area contributed by atoms with E-state index in [1.165, 1.54) is 0 Å². The Bertz CT molecular complexity index is 315. The van der Waals surface area contributed by atoms with Gasteiger partial charge < -0.3 is 9.84 Å². The summed E-state index contributed by atoms with van der Waals surface area (Å²) in [6, 6.07) is -0.905. The van der Waals surface area contributed by atoms with Gasteiger partial charge in [0, 0.05) is 4.91 Å². The van der Waals surface area contributed by atoms with E-state index >= 15 is 0 Å². The zero-order chi connectivity index (χ0) is 12.8. The first-order valence-corrected chi connectivity index (χ1v) is 4.72. The van der Waals surface area contributed by atoms with Crippen LogP contribution in [-0.2, 0) is 14.3 Å². The lowest BCUT2D eigenvalue weighted by molar-refractivity contribution is -0.155. The van der Waals surface area contributed by atoms with Crippen LogP contribution in [0, 0.1) is 0 Å². The molecule has 0 saturated heterocycles. The molecule has 0 heterocycles. The average Bonchev–Trinajstić information content (AvgIpc) is 1.98. The van der Waals surface area contributed by atoms with Crippen molar-refractivity contribution in [2.75, 3.05) is 0 Å². The first kappa shape index (κ1) is 14.2. The molecule has 0 aromatic rings. The molecule has 0 aliphatic carbocycles. The van der Waals surface area contributed by atoms with E-state index in [2.05, 4.69) is 10.0 Å². The molecule has 0 rings (SSSR count). The molecule has 0 aliphatic heterocycles. The van der Waals surface area contributed by atoms with Crippen molar-refractivity contribution in [1.82, 2.24) is 0 Å². The highest BCUT2D eigenvalue weighted by molar-refractivity contribution is 5.73. The summed E-state index contributed by atoms with van der Waals surface area (Å²) < 4.78 is 4.98. The van der Waals surface area contributed by atoms with Gasteiger partial charge in [0.1, 0.15) is 5.60 Å². The molecule has 1 N–H and O–H groups in total. The summed E-state index contributed by atoms with van der Waals surface area (Å²) >= 11 is 0. The number of hydrogen-bond donors (Lipinski definition) is 1. The molecule has 1 atom stereocenters. The summed E-state index contributed by atoms with van der Waals surface area (Å²) in [7, 11) is 0. The summed E-state index contributed by atoms with van der Waals surface area (Å²) in [4.78, 5) is 24.2. The Morgan fingerprint density at radius 3 is 2.38 bits per heavy atom. The topological polar surface area (TPSA) is 112 Å². The SMILES string of the molecule is CC(C)(C)OC(=O)C[C@H](CC(=O)O)N=[N+]=[N-]. The van der Waals surface area contributed by atoms with E-state index in [0.29, 0.717) is 0 Å². The summed E-state index contributed by atoms with van der Waals surface area (Å²) in [6.45, 7) is 5.10. The average molecular weight is 229 g/mol. The highest BCUT2D eigenvalue weighted by Crippen LogP contribution is 2.12. The molecule has 7 heteroatoms. The summed E-state index contributed by atoms with van der Waals surface area (Å²) in [5.41, 5.74) is 7.57. The number of nitrogens with zero attached hydrogens (tertiary/aromatic N) is 3. The van der Waals surface area contributed by atoms with Crippen molar-refractivity contribution < 1.29 is 19.4 Å². The van der Waals surface area contributed by atoms with Crippen molar-refractivity contribution in [3.05, 3.63) is 10.4 Å². The van der Waals surface area contributed by atoms with Crippen LogP contribution in [0.4, 0.5) is 0 Å². The molecule has 0 spiro atoms. The fraction of sp³-hybridized carbons (Fsp3) is 0.778. The Morgan fingerprint density at radius 1 is 1.44 bits per heavy atom. The number of azide groups is 1. The molecule has 0 aliphatic rings. The first-order chi connectivity index (χ1) is 7.24. The molecule has 90 valence electrons. The van der Waals surface area contributed by atoms with E-state index in [-0.39, 0.29) is 12.8 Å². The number of rotatable bonds is 5. The van der Waals surface area contributed by atoms with Gasteiger partial charge in [-0.3, -0.25) is 9.59 Å². The van der Waals surface area contributed by atoms with E-state index in [0.717, 1.165) is 0 Å². The lowest BCUT2D eigenvalue weighted by Gasteiger charge is -2.20. The van der Waals surface area contributed by atoms with Crippen LogP contribution < -0.4 is 0 Å². The standard InChI is InChI=1S/C9H15N3O4/c1-9(2,3)16-8(15)5-6(11-12-10)4-7(13)14/h6H,4-5H2,1-3H3,(H,13,14)/t6-/m0/s1. The first-order valence-electron chi connectivity index (χ1n) is 4.72. The van der Waals surface area contributed by atoms with Crippen molar-refractivity contribution in [3.8, 4) is 0 Å². The monoisotopic (exact) mass is 229 g/mol. The van der Waals surface area contributed by atoms with Crippen molar-refractivity contribution in [2.45, 2.75) is 45.3 Å². The second-order valence-electron chi connectivity index (χ2n) is 4.25. The minimum absolute atomic E-state index is 0.229.